The smallest absolute Gasteiger partial charge is 0.337 e. The SMILES string of the molecule is COC(=O)[C@@H](CC(=O)CP(=O)(OC)OC)NC(c1ccccc1)(c1ccccc1)c1ccccc1. The predicted octanol–water partition coefficient (Wildman–Crippen LogP) is 4.55. The lowest BCUT2D eigenvalue weighted by Gasteiger charge is -2.39. The van der Waals surface area contributed by atoms with Crippen molar-refractivity contribution < 1.29 is 27.9 Å². The molecule has 7 nitrogen and oxygen atoms in total. The summed E-state index contributed by atoms with van der Waals surface area (Å²) in [5.41, 5.74) is 1.63. The van der Waals surface area contributed by atoms with Crippen molar-refractivity contribution in [3.05, 3.63) is 108 Å². The Labute approximate surface area is 206 Å². The van der Waals surface area contributed by atoms with Crippen LogP contribution in [-0.4, -0.2) is 45.3 Å². The van der Waals surface area contributed by atoms with Gasteiger partial charge < -0.3 is 13.8 Å². The molecule has 0 radical (unpaired) electrons. The summed E-state index contributed by atoms with van der Waals surface area (Å²) in [5.74, 6) is -1.07. The van der Waals surface area contributed by atoms with Gasteiger partial charge in [0.05, 0.1) is 12.6 Å². The van der Waals surface area contributed by atoms with Crippen molar-refractivity contribution >= 4 is 19.3 Å². The molecule has 0 heterocycles. The quantitative estimate of drug-likeness (QED) is 0.224. The number of carbonyl (C=O) groups is 2. The lowest BCUT2D eigenvalue weighted by Crippen LogP contribution is -2.53. The molecule has 0 spiro atoms. The molecule has 1 N–H and O–H groups in total. The average Bonchev–Trinajstić information content (AvgIpc) is 2.92. The van der Waals surface area contributed by atoms with Crippen molar-refractivity contribution in [2.45, 2.75) is 18.0 Å². The first-order valence-electron chi connectivity index (χ1n) is 11.1. The van der Waals surface area contributed by atoms with E-state index in [1.54, 1.807) is 0 Å². The summed E-state index contributed by atoms with van der Waals surface area (Å²) in [7, 11) is 0.125. The van der Waals surface area contributed by atoms with Crippen molar-refractivity contribution in [2.75, 3.05) is 27.5 Å². The maximum Gasteiger partial charge on any atom is 0.337 e. The van der Waals surface area contributed by atoms with E-state index in [4.69, 9.17) is 13.8 Å². The second-order valence-electron chi connectivity index (χ2n) is 7.95. The summed E-state index contributed by atoms with van der Waals surface area (Å²) < 4.78 is 27.4. The van der Waals surface area contributed by atoms with Crippen LogP contribution in [0.3, 0.4) is 0 Å². The Morgan fingerprint density at radius 1 is 0.771 bits per heavy atom. The summed E-state index contributed by atoms with van der Waals surface area (Å²) in [4.78, 5) is 25.9. The van der Waals surface area contributed by atoms with Gasteiger partial charge in [-0.15, -0.1) is 0 Å². The van der Waals surface area contributed by atoms with Crippen LogP contribution in [0.1, 0.15) is 23.1 Å². The van der Waals surface area contributed by atoms with Gasteiger partial charge >= 0.3 is 13.6 Å². The lowest BCUT2D eigenvalue weighted by atomic mass is 9.76. The van der Waals surface area contributed by atoms with E-state index < -0.39 is 37.1 Å². The zero-order valence-corrected chi connectivity index (χ0v) is 20.9. The number of Topliss-reactive ketones (excluding diaryl/α,β-unsaturated/α-hetero) is 1. The summed E-state index contributed by atoms with van der Waals surface area (Å²) in [5, 5.41) is 3.45. The maximum absolute atomic E-state index is 13.0. The number of ketones is 1. The Kier molecular flexibility index (Phi) is 9.13. The molecule has 0 aliphatic carbocycles. The zero-order chi connectivity index (χ0) is 25.3. The van der Waals surface area contributed by atoms with Crippen LogP contribution in [-0.2, 0) is 33.5 Å². The first-order chi connectivity index (χ1) is 16.9. The molecule has 0 saturated heterocycles. The molecule has 3 aromatic rings. The molecule has 3 rings (SSSR count). The van der Waals surface area contributed by atoms with Crippen LogP contribution in [0, 0.1) is 0 Å². The average molecular weight is 496 g/mol. The van der Waals surface area contributed by atoms with Gasteiger partial charge in [-0.25, -0.2) is 0 Å². The monoisotopic (exact) mass is 495 g/mol. The summed E-state index contributed by atoms with van der Waals surface area (Å²) in [6.45, 7) is 0. The van der Waals surface area contributed by atoms with Crippen LogP contribution in [0.25, 0.3) is 0 Å². The largest absolute Gasteiger partial charge is 0.468 e. The first-order valence-corrected chi connectivity index (χ1v) is 12.9. The van der Waals surface area contributed by atoms with E-state index in [1.807, 2.05) is 91.0 Å². The fourth-order valence-corrected chi connectivity index (χ4v) is 5.09. The van der Waals surface area contributed by atoms with Crippen LogP contribution in [0.2, 0.25) is 0 Å². The lowest BCUT2D eigenvalue weighted by molar-refractivity contribution is -0.145. The molecule has 0 aliphatic heterocycles. The third kappa shape index (κ3) is 6.13. The minimum atomic E-state index is -3.59. The molecule has 0 aliphatic rings. The zero-order valence-electron chi connectivity index (χ0n) is 20.0. The van der Waals surface area contributed by atoms with Gasteiger partial charge in [0.1, 0.15) is 18.0 Å². The molecule has 35 heavy (non-hydrogen) atoms. The first kappa shape index (κ1) is 26.5. The van der Waals surface area contributed by atoms with Crippen LogP contribution in [0.5, 0.6) is 0 Å². The molecule has 0 aromatic heterocycles. The second kappa shape index (κ2) is 12.0. The number of rotatable bonds is 12. The Bertz CT molecular complexity index is 1050. The predicted molar refractivity (Wildman–Crippen MR) is 134 cm³/mol. The molecule has 3 aromatic carbocycles. The van der Waals surface area contributed by atoms with E-state index in [1.165, 1.54) is 21.3 Å². The van der Waals surface area contributed by atoms with Crippen molar-refractivity contribution in [3.63, 3.8) is 0 Å². The van der Waals surface area contributed by atoms with Gasteiger partial charge in [-0.05, 0) is 16.7 Å². The Hall–Kier alpha value is -3.09. The van der Waals surface area contributed by atoms with Gasteiger partial charge in [0.15, 0.2) is 0 Å². The van der Waals surface area contributed by atoms with E-state index >= 15 is 0 Å². The van der Waals surface area contributed by atoms with Gasteiger partial charge in [-0.3, -0.25) is 19.5 Å². The Morgan fingerprint density at radius 3 is 1.51 bits per heavy atom. The highest BCUT2D eigenvalue weighted by Crippen LogP contribution is 2.46. The normalized spacial score (nSPS) is 12.7. The minimum Gasteiger partial charge on any atom is -0.468 e. The third-order valence-corrected chi connectivity index (χ3v) is 7.71. The highest BCUT2D eigenvalue weighted by atomic mass is 31.2. The maximum atomic E-state index is 13.0. The molecule has 1 atom stereocenters. The highest BCUT2D eigenvalue weighted by molar-refractivity contribution is 7.54. The number of hydrogen-bond acceptors (Lipinski definition) is 7. The van der Waals surface area contributed by atoms with Crippen LogP contribution in [0.4, 0.5) is 0 Å². The molecule has 184 valence electrons. The van der Waals surface area contributed by atoms with Crippen molar-refractivity contribution in [3.8, 4) is 0 Å². The Morgan fingerprint density at radius 2 is 1.17 bits per heavy atom. The third-order valence-electron chi connectivity index (χ3n) is 5.85. The number of nitrogens with one attached hydrogen (secondary N) is 1. The van der Waals surface area contributed by atoms with E-state index in [0.29, 0.717) is 0 Å². The number of esters is 1. The number of hydrogen-bond donors (Lipinski definition) is 1. The second-order valence-corrected chi connectivity index (χ2v) is 10.2. The van der Waals surface area contributed by atoms with Crippen LogP contribution >= 0.6 is 7.60 Å². The molecule has 0 saturated carbocycles. The van der Waals surface area contributed by atoms with Gasteiger partial charge in [-0.2, -0.15) is 0 Å². The summed E-state index contributed by atoms with van der Waals surface area (Å²) in [6.07, 6.45) is -0.720. The number of ether oxygens (including phenoxy) is 1. The molecule has 0 amide bonds. The number of benzene rings is 3. The van der Waals surface area contributed by atoms with Crippen molar-refractivity contribution in [1.29, 1.82) is 0 Å². The highest BCUT2D eigenvalue weighted by Gasteiger charge is 2.41. The molecular formula is C27H30NO6P. The Balaban J connectivity index is 2.14. The van der Waals surface area contributed by atoms with Crippen molar-refractivity contribution in [1.82, 2.24) is 5.32 Å². The van der Waals surface area contributed by atoms with E-state index in [0.717, 1.165) is 16.7 Å². The van der Waals surface area contributed by atoms with Gasteiger partial charge in [0, 0.05) is 20.6 Å². The summed E-state index contributed by atoms with van der Waals surface area (Å²) >= 11 is 0. The van der Waals surface area contributed by atoms with Crippen LogP contribution in [0.15, 0.2) is 91.0 Å². The van der Waals surface area contributed by atoms with Gasteiger partial charge in [0.25, 0.3) is 0 Å². The molecule has 0 fully saturated rings. The fourth-order valence-electron chi connectivity index (χ4n) is 4.12. The molecule has 0 bridgehead atoms. The molecular weight excluding hydrogens is 465 g/mol. The summed E-state index contributed by atoms with van der Waals surface area (Å²) in [6, 6.07) is 28.0. The fraction of sp³-hybridized carbons (Fsp3) is 0.259. The molecule has 0 unspecified atom stereocenters. The van der Waals surface area contributed by atoms with Gasteiger partial charge in [-0.1, -0.05) is 91.0 Å². The van der Waals surface area contributed by atoms with E-state index in [-0.39, 0.29) is 6.42 Å². The van der Waals surface area contributed by atoms with E-state index in [9.17, 15) is 14.2 Å². The van der Waals surface area contributed by atoms with Gasteiger partial charge in [0.2, 0.25) is 0 Å². The van der Waals surface area contributed by atoms with E-state index in [2.05, 4.69) is 5.32 Å². The molecule has 8 heteroatoms. The standard InChI is InChI=1S/C27H30NO6P/c1-32-26(30)25(19-24(29)20-35(31,33-2)34-3)28-27(21-13-7-4-8-14-21,22-15-9-5-10-16-22)23-17-11-6-12-18-23/h4-18,25,28H,19-20H2,1-3H3/t25-/m1/s1. The number of methoxy groups -OCH3 is 1. The van der Waals surface area contributed by atoms with Crippen molar-refractivity contribution in [2.24, 2.45) is 0 Å². The minimum absolute atomic E-state index is 0.266. The topological polar surface area (TPSA) is 90.9 Å². The number of carbonyl (C=O) groups excluding carboxylic acids is 2. The van der Waals surface area contributed by atoms with Crippen LogP contribution < -0.4 is 5.32 Å².